The molecule has 2 rings (SSSR count). The Morgan fingerprint density at radius 3 is 2.31 bits per heavy atom. The molecule has 1 heterocycles. The first-order chi connectivity index (χ1) is 12.4. The van der Waals surface area contributed by atoms with Gasteiger partial charge >= 0.3 is 6.18 Å². The summed E-state index contributed by atoms with van der Waals surface area (Å²) in [6.45, 7) is 0.515. The number of carbonyl (C=O) groups is 2. The van der Waals surface area contributed by atoms with E-state index in [9.17, 15) is 22.8 Å². The maximum absolute atomic E-state index is 12.4. The molecule has 2 N–H and O–H groups in total. The zero-order valence-corrected chi connectivity index (χ0v) is 14.4. The van der Waals surface area contributed by atoms with E-state index in [1.165, 1.54) is 6.07 Å². The lowest BCUT2D eigenvalue weighted by Crippen LogP contribution is -2.35. The Labute approximate surface area is 152 Å². The third-order valence-electron chi connectivity index (χ3n) is 3.18. The molecule has 0 fully saturated rings. The lowest BCUT2D eigenvalue weighted by Gasteiger charge is -2.08. The Morgan fingerprint density at radius 1 is 1.00 bits per heavy atom. The second kappa shape index (κ2) is 9.23. The molecule has 5 nitrogen and oxygen atoms in total. The van der Waals surface area contributed by atoms with E-state index in [1.54, 1.807) is 30.3 Å². The summed E-state index contributed by atoms with van der Waals surface area (Å²) in [7, 11) is 0. The van der Waals surface area contributed by atoms with Gasteiger partial charge in [-0.05, 0) is 24.3 Å². The number of hydrogen-bond acceptors (Lipinski definition) is 4. The van der Waals surface area contributed by atoms with E-state index in [2.05, 4.69) is 15.6 Å². The number of rotatable bonds is 7. The molecule has 0 spiro atoms. The molecule has 0 unspecified atom stereocenters. The number of pyridine rings is 1. The Hall–Kier alpha value is -2.55. The summed E-state index contributed by atoms with van der Waals surface area (Å²) >= 11 is 1.03. The number of aromatic nitrogens is 1. The van der Waals surface area contributed by atoms with Crippen LogP contribution in [0.3, 0.4) is 0 Å². The quantitative estimate of drug-likeness (QED) is 0.570. The number of amides is 2. The van der Waals surface area contributed by atoms with Crippen molar-refractivity contribution in [3.8, 4) is 0 Å². The molecule has 0 radical (unpaired) electrons. The molecule has 138 valence electrons. The Morgan fingerprint density at radius 2 is 1.69 bits per heavy atom. The first-order valence-corrected chi connectivity index (χ1v) is 8.61. The molecular formula is C17H16F3N3O2S. The van der Waals surface area contributed by atoms with E-state index in [0.29, 0.717) is 10.6 Å². The molecular weight excluding hydrogens is 367 g/mol. The lowest BCUT2D eigenvalue weighted by molar-refractivity contribution is -0.137. The summed E-state index contributed by atoms with van der Waals surface area (Å²) in [5, 5.41) is 5.61. The summed E-state index contributed by atoms with van der Waals surface area (Å²) in [5.41, 5.74) is -0.303. The summed E-state index contributed by atoms with van der Waals surface area (Å²) < 4.78 is 37.3. The van der Waals surface area contributed by atoms with Gasteiger partial charge in [0, 0.05) is 24.8 Å². The molecule has 2 aromatic rings. The Balaban J connectivity index is 1.65. The maximum Gasteiger partial charge on any atom is 0.417 e. The zero-order chi connectivity index (χ0) is 19.0. The molecule has 0 aliphatic heterocycles. The second-order valence-electron chi connectivity index (χ2n) is 5.14. The highest BCUT2D eigenvalue weighted by molar-refractivity contribution is 7.99. The number of nitrogens with zero attached hydrogens (tertiary/aromatic N) is 1. The van der Waals surface area contributed by atoms with E-state index < -0.39 is 11.7 Å². The number of benzene rings is 1. The molecule has 0 saturated heterocycles. The summed E-state index contributed by atoms with van der Waals surface area (Å²) in [6, 6.07) is 10.8. The average Bonchev–Trinajstić information content (AvgIpc) is 2.63. The SMILES string of the molecule is O=C(CSc1ccc(C(F)(F)F)cn1)NCCNC(=O)c1ccccc1. The van der Waals surface area contributed by atoms with Crippen LogP contribution >= 0.6 is 11.8 Å². The number of thioether (sulfide) groups is 1. The van der Waals surface area contributed by atoms with Crippen LogP contribution in [0, 0.1) is 0 Å². The Kier molecular flexibility index (Phi) is 7.02. The molecule has 9 heteroatoms. The fourth-order valence-electron chi connectivity index (χ4n) is 1.89. The molecule has 0 aliphatic rings. The van der Waals surface area contributed by atoms with Crippen LogP contribution in [0.15, 0.2) is 53.7 Å². The van der Waals surface area contributed by atoms with Gasteiger partial charge in [-0.25, -0.2) is 4.98 Å². The van der Waals surface area contributed by atoms with Gasteiger partial charge < -0.3 is 10.6 Å². The van der Waals surface area contributed by atoms with Crippen molar-refractivity contribution in [3.05, 3.63) is 59.8 Å². The molecule has 0 atom stereocenters. The van der Waals surface area contributed by atoms with Gasteiger partial charge in [-0.15, -0.1) is 0 Å². The fourth-order valence-corrected chi connectivity index (χ4v) is 2.57. The molecule has 0 aliphatic carbocycles. The van der Waals surface area contributed by atoms with Crippen LogP contribution in [0.25, 0.3) is 0 Å². The second-order valence-corrected chi connectivity index (χ2v) is 6.14. The van der Waals surface area contributed by atoms with Crippen molar-refractivity contribution in [2.75, 3.05) is 18.8 Å². The van der Waals surface area contributed by atoms with Gasteiger partial charge in [-0.3, -0.25) is 9.59 Å². The van der Waals surface area contributed by atoms with Gasteiger partial charge in [0.25, 0.3) is 5.91 Å². The van der Waals surface area contributed by atoms with Gasteiger partial charge in [0.2, 0.25) is 5.91 Å². The number of alkyl halides is 3. The third-order valence-corrected chi connectivity index (χ3v) is 4.13. The van der Waals surface area contributed by atoms with Crippen molar-refractivity contribution < 1.29 is 22.8 Å². The van der Waals surface area contributed by atoms with Crippen LogP contribution in [0.5, 0.6) is 0 Å². The standard InChI is InChI=1S/C17H16F3N3O2S/c18-17(19,20)13-6-7-15(23-10-13)26-11-14(24)21-8-9-22-16(25)12-4-2-1-3-5-12/h1-7,10H,8-9,11H2,(H,21,24)(H,22,25). The smallest absolute Gasteiger partial charge is 0.354 e. The number of nitrogens with one attached hydrogen (secondary N) is 2. The lowest BCUT2D eigenvalue weighted by atomic mass is 10.2. The fraction of sp³-hybridized carbons (Fsp3) is 0.235. The molecule has 0 bridgehead atoms. The Bertz CT molecular complexity index is 737. The van der Waals surface area contributed by atoms with Crippen LogP contribution in [0.4, 0.5) is 13.2 Å². The summed E-state index contributed by atoms with van der Waals surface area (Å²) in [6.07, 6.45) is -3.70. The predicted molar refractivity (Wildman–Crippen MR) is 91.7 cm³/mol. The number of hydrogen-bond donors (Lipinski definition) is 2. The normalized spacial score (nSPS) is 11.0. The molecule has 0 saturated carbocycles. The molecule has 1 aromatic carbocycles. The monoisotopic (exact) mass is 383 g/mol. The van der Waals surface area contributed by atoms with Crippen LogP contribution in [0.1, 0.15) is 15.9 Å². The van der Waals surface area contributed by atoms with Gasteiger partial charge in [0.05, 0.1) is 16.3 Å². The predicted octanol–water partition coefficient (Wildman–Crippen LogP) is 2.74. The van der Waals surface area contributed by atoms with Gasteiger partial charge in [-0.1, -0.05) is 30.0 Å². The minimum atomic E-state index is -4.43. The minimum absolute atomic E-state index is 0.0188. The van der Waals surface area contributed by atoms with Crippen molar-refractivity contribution in [2.45, 2.75) is 11.2 Å². The first-order valence-electron chi connectivity index (χ1n) is 7.62. The van der Waals surface area contributed by atoms with Gasteiger partial charge in [-0.2, -0.15) is 13.2 Å². The molecule has 26 heavy (non-hydrogen) atoms. The largest absolute Gasteiger partial charge is 0.417 e. The van der Waals surface area contributed by atoms with Crippen molar-refractivity contribution in [1.29, 1.82) is 0 Å². The van der Waals surface area contributed by atoms with E-state index >= 15 is 0 Å². The van der Waals surface area contributed by atoms with Crippen LogP contribution in [-0.2, 0) is 11.0 Å². The third kappa shape index (κ3) is 6.40. The van der Waals surface area contributed by atoms with Crippen LogP contribution in [-0.4, -0.2) is 35.6 Å². The van der Waals surface area contributed by atoms with Crippen molar-refractivity contribution in [1.82, 2.24) is 15.6 Å². The highest BCUT2D eigenvalue weighted by atomic mass is 32.2. The number of halogens is 3. The molecule has 2 amide bonds. The topological polar surface area (TPSA) is 71.1 Å². The van der Waals surface area contributed by atoms with Crippen LogP contribution in [0.2, 0.25) is 0 Å². The highest BCUT2D eigenvalue weighted by Gasteiger charge is 2.30. The van der Waals surface area contributed by atoms with Gasteiger partial charge in [0.1, 0.15) is 0 Å². The summed E-state index contributed by atoms with van der Waals surface area (Å²) in [4.78, 5) is 27.2. The van der Waals surface area contributed by atoms with E-state index in [4.69, 9.17) is 0 Å². The van der Waals surface area contributed by atoms with E-state index in [1.807, 2.05) is 0 Å². The zero-order valence-electron chi connectivity index (χ0n) is 13.5. The average molecular weight is 383 g/mol. The minimum Gasteiger partial charge on any atom is -0.354 e. The van der Waals surface area contributed by atoms with E-state index in [0.717, 1.165) is 24.0 Å². The van der Waals surface area contributed by atoms with Crippen molar-refractivity contribution >= 4 is 23.6 Å². The van der Waals surface area contributed by atoms with Crippen LogP contribution < -0.4 is 10.6 Å². The van der Waals surface area contributed by atoms with Crippen molar-refractivity contribution in [2.24, 2.45) is 0 Å². The highest BCUT2D eigenvalue weighted by Crippen LogP contribution is 2.29. The van der Waals surface area contributed by atoms with E-state index in [-0.39, 0.29) is 30.7 Å². The van der Waals surface area contributed by atoms with Gasteiger partial charge in [0.15, 0.2) is 0 Å². The first kappa shape index (κ1) is 19.8. The maximum atomic E-state index is 12.4. The summed E-state index contributed by atoms with van der Waals surface area (Å²) in [5.74, 6) is -0.515. The molecule has 1 aromatic heterocycles. The number of carbonyl (C=O) groups excluding carboxylic acids is 2. The van der Waals surface area contributed by atoms with Crippen molar-refractivity contribution in [3.63, 3.8) is 0 Å².